The highest BCUT2D eigenvalue weighted by Gasteiger charge is 2.17. The number of nitrogens with zero attached hydrogens (tertiary/aromatic N) is 1. The summed E-state index contributed by atoms with van der Waals surface area (Å²) in [5, 5.41) is 3.56. The summed E-state index contributed by atoms with van der Waals surface area (Å²) >= 11 is 5.87. The number of anilines is 1. The molecule has 0 spiro atoms. The predicted octanol–water partition coefficient (Wildman–Crippen LogP) is 4.56. The minimum Gasteiger partial charge on any atom is -0.321 e. The minimum absolute atomic E-state index is 0.0315. The third-order valence-corrected chi connectivity index (χ3v) is 3.53. The van der Waals surface area contributed by atoms with Crippen LogP contribution in [0.3, 0.4) is 0 Å². The molecule has 0 fully saturated rings. The molecule has 0 aromatic heterocycles. The lowest BCUT2D eigenvalue weighted by molar-refractivity contribution is 0.208. The molecule has 2 aromatic rings. The minimum atomic E-state index is -0.140. The number of benzene rings is 2. The Morgan fingerprint density at radius 2 is 1.70 bits per heavy atom. The van der Waals surface area contributed by atoms with E-state index in [2.05, 4.69) is 5.32 Å². The van der Waals surface area contributed by atoms with Gasteiger partial charge >= 0.3 is 6.03 Å². The summed E-state index contributed by atoms with van der Waals surface area (Å²) in [5.74, 6) is 0. The highest BCUT2D eigenvalue weighted by atomic mass is 35.5. The Bertz CT molecular complexity index is 569. The van der Waals surface area contributed by atoms with Gasteiger partial charge in [0.05, 0.1) is 6.04 Å². The summed E-state index contributed by atoms with van der Waals surface area (Å²) in [6.07, 6.45) is 0. The SMILES string of the molecule is CC(c1ccc(Cl)cc1)N(C)C(=O)Nc1ccccc1. The van der Waals surface area contributed by atoms with Gasteiger partial charge in [0.1, 0.15) is 0 Å². The Morgan fingerprint density at radius 1 is 1.10 bits per heavy atom. The zero-order valence-corrected chi connectivity index (χ0v) is 12.3. The van der Waals surface area contributed by atoms with Gasteiger partial charge in [-0.25, -0.2) is 4.79 Å². The van der Waals surface area contributed by atoms with Crippen molar-refractivity contribution in [2.45, 2.75) is 13.0 Å². The van der Waals surface area contributed by atoms with Crippen LogP contribution in [0, 0.1) is 0 Å². The molecule has 1 unspecified atom stereocenters. The van der Waals surface area contributed by atoms with Crippen molar-refractivity contribution in [3.63, 3.8) is 0 Å². The molecular formula is C16H17ClN2O. The first-order valence-electron chi connectivity index (χ1n) is 6.42. The molecule has 0 aliphatic heterocycles. The molecule has 1 N–H and O–H groups in total. The second-order valence-electron chi connectivity index (χ2n) is 4.63. The molecule has 2 rings (SSSR count). The fourth-order valence-electron chi connectivity index (χ4n) is 1.87. The molecule has 0 aliphatic rings. The van der Waals surface area contributed by atoms with Crippen LogP contribution >= 0.6 is 11.6 Å². The van der Waals surface area contributed by atoms with E-state index in [1.807, 2.05) is 61.5 Å². The lowest BCUT2D eigenvalue weighted by atomic mass is 10.1. The van der Waals surface area contributed by atoms with Crippen molar-refractivity contribution in [3.8, 4) is 0 Å². The molecule has 0 aliphatic carbocycles. The van der Waals surface area contributed by atoms with E-state index in [4.69, 9.17) is 11.6 Å². The van der Waals surface area contributed by atoms with Crippen LogP contribution in [0.15, 0.2) is 54.6 Å². The Kier molecular flexibility index (Phi) is 4.64. The van der Waals surface area contributed by atoms with Crippen LogP contribution in [-0.4, -0.2) is 18.0 Å². The maximum absolute atomic E-state index is 12.2. The van der Waals surface area contributed by atoms with Crippen molar-refractivity contribution in [1.82, 2.24) is 4.90 Å². The molecule has 0 bridgehead atoms. The number of rotatable bonds is 3. The monoisotopic (exact) mass is 288 g/mol. The van der Waals surface area contributed by atoms with E-state index in [1.165, 1.54) is 0 Å². The van der Waals surface area contributed by atoms with Gasteiger partial charge in [0, 0.05) is 17.8 Å². The zero-order valence-electron chi connectivity index (χ0n) is 11.5. The zero-order chi connectivity index (χ0) is 14.5. The number of amides is 2. The summed E-state index contributed by atoms with van der Waals surface area (Å²) in [7, 11) is 1.78. The van der Waals surface area contributed by atoms with E-state index in [1.54, 1.807) is 11.9 Å². The van der Waals surface area contributed by atoms with Crippen molar-refractivity contribution in [3.05, 3.63) is 65.2 Å². The van der Waals surface area contributed by atoms with Gasteiger partial charge in [-0.1, -0.05) is 41.9 Å². The molecule has 0 saturated carbocycles. The molecule has 4 heteroatoms. The molecular weight excluding hydrogens is 272 g/mol. The summed E-state index contributed by atoms with van der Waals surface area (Å²) in [4.78, 5) is 13.8. The first-order valence-corrected chi connectivity index (χ1v) is 6.80. The van der Waals surface area contributed by atoms with E-state index in [9.17, 15) is 4.79 Å². The lowest BCUT2D eigenvalue weighted by Crippen LogP contribution is -2.33. The highest BCUT2D eigenvalue weighted by molar-refractivity contribution is 6.30. The van der Waals surface area contributed by atoms with Gasteiger partial charge in [-0.05, 0) is 36.8 Å². The lowest BCUT2D eigenvalue weighted by Gasteiger charge is -2.25. The molecule has 20 heavy (non-hydrogen) atoms. The normalized spacial score (nSPS) is 11.8. The maximum atomic E-state index is 12.2. The van der Waals surface area contributed by atoms with Gasteiger partial charge in [0.15, 0.2) is 0 Å². The van der Waals surface area contributed by atoms with E-state index in [0.717, 1.165) is 11.3 Å². The van der Waals surface area contributed by atoms with Crippen LogP contribution in [0.5, 0.6) is 0 Å². The summed E-state index contributed by atoms with van der Waals surface area (Å²) in [6.45, 7) is 1.98. The van der Waals surface area contributed by atoms with Gasteiger partial charge in [0.25, 0.3) is 0 Å². The molecule has 0 heterocycles. The van der Waals surface area contributed by atoms with Gasteiger partial charge < -0.3 is 10.2 Å². The largest absolute Gasteiger partial charge is 0.322 e. The topological polar surface area (TPSA) is 32.3 Å². The number of hydrogen-bond acceptors (Lipinski definition) is 1. The Hall–Kier alpha value is -2.00. The van der Waals surface area contributed by atoms with Crippen LogP contribution in [0.4, 0.5) is 10.5 Å². The van der Waals surface area contributed by atoms with Crippen LogP contribution in [0.25, 0.3) is 0 Å². The van der Waals surface area contributed by atoms with E-state index in [0.29, 0.717) is 5.02 Å². The average molecular weight is 289 g/mol. The van der Waals surface area contributed by atoms with Crippen molar-refractivity contribution in [2.24, 2.45) is 0 Å². The first-order chi connectivity index (χ1) is 9.58. The number of carbonyl (C=O) groups excluding carboxylic acids is 1. The third-order valence-electron chi connectivity index (χ3n) is 3.28. The van der Waals surface area contributed by atoms with Crippen molar-refractivity contribution >= 4 is 23.3 Å². The Balaban J connectivity index is 2.04. The van der Waals surface area contributed by atoms with Crippen LogP contribution < -0.4 is 5.32 Å². The van der Waals surface area contributed by atoms with Crippen molar-refractivity contribution in [2.75, 3.05) is 12.4 Å². The van der Waals surface area contributed by atoms with E-state index in [-0.39, 0.29) is 12.1 Å². The van der Waals surface area contributed by atoms with Gasteiger partial charge in [-0.15, -0.1) is 0 Å². The molecule has 104 valence electrons. The maximum Gasteiger partial charge on any atom is 0.322 e. The average Bonchev–Trinajstić information content (AvgIpc) is 2.47. The molecule has 2 aromatic carbocycles. The van der Waals surface area contributed by atoms with Crippen LogP contribution in [-0.2, 0) is 0 Å². The summed E-state index contributed by atoms with van der Waals surface area (Å²) in [6, 6.07) is 16.8. The molecule has 1 atom stereocenters. The number of para-hydroxylation sites is 1. The van der Waals surface area contributed by atoms with Crippen LogP contribution in [0.2, 0.25) is 5.02 Å². The van der Waals surface area contributed by atoms with Gasteiger partial charge in [-0.3, -0.25) is 0 Å². The summed E-state index contributed by atoms with van der Waals surface area (Å²) in [5.41, 5.74) is 1.83. The highest BCUT2D eigenvalue weighted by Crippen LogP contribution is 2.21. The van der Waals surface area contributed by atoms with Gasteiger partial charge in [0.2, 0.25) is 0 Å². The molecule has 0 radical (unpaired) electrons. The Morgan fingerprint density at radius 3 is 2.30 bits per heavy atom. The molecule has 2 amide bonds. The number of carbonyl (C=O) groups is 1. The van der Waals surface area contributed by atoms with Gasteiger partial charge in [-0.2, -0.15) is 0 Å². The molecule has 0 saturated heterocycles. The standard InChI is InChI=1S/C16H17ClN2O/c1-12(13-8-10-14(17)11-9-13)19(2)16(20)18-15-6-4-3-5-7-15/h3-12H,1-2H3,(H,18,20). The fourth-order valence-corrected chi connectivity index (χ4v) is 2.00. The summed E-state index contributed by atoms with van der Waals surface area (Å²) < 4.78 is 0. The fraction of sp³-hybridized carbons (Fsp3) is 0.188. The number of hydrogen-bond donors (Lipinski definition) is 1. The Labute approximate surface area is 124 Å². The number of urea groups is 1. The second-order valence-corrected chi connectivity index (χ2v) is 5.07. The molecule has 3 nitrogen and oxygen atoms in total. The van der Waals surface area contributed by atoms with Crippen molar-refractivity contribution < 1.29 is 4.79 Å². The predicted molar refractivity (Wildman–Crippen MR) is 83.1 cm³/mol. The quantitative estimate of drug-likeness (QED) is 0.882. The smallest absolute Gasteiger partial charge is 0.321 e. The van der Waals surface area contributed by atoms with E-state index >= 15 is 0 Å². The second kappa shape index (κ2) is 6.44. The first kappa shape index (κ1) is 14.4. The van der Waals surface area contributed by atoms with Crippen molar-refractivity contribution in [1.29, 1.82) is 0 Å². The van der Waals surface area contributed by atoms with Crippen LogP contribution in [0.1, 0.15) is 18.5 Å². The number of halogens is 1. The third kappa shape index (κ3) is 3.52. The van der Waals surface area contributed by atoms with E-state index < -0.39 is 0 Å². The number of nitrogens with one attached hydrogen (secondary N) is 1.